The third-order valence-corrected chi connectivity index (χ3v) is 2.59. The van der Waals surface area contributed by atoms with Crippen LogP contribution in [0.4, 0.5) is 5.69 Å². The third-order valence-electron chi connectivity index (χ3n) is 1.37. The Kier molecular flexibility index (Phi) is 3.41. The number of rotatable bonds is 2. The average Bonchev–Trinajstić information content (AvgIpc) is 1.96. The van der Waals surface area contributed by atoms with Crippen molar-refractivity contribution in [3.8, 4) is 0 Å². The first-order valence-corrected chi connectivity index (χ1v) is 4.98. The van der Waals surface area contributed by atoms with Crippen LogP contribution in [0.25, 0.3) is 0 Å². The largest absolute Gasteiger partial charge is 0.383 e. The predicted molar refractivity (Wildman–Crippen MR) is 57.9 cm³/mol. The van der Waals surface area contributed by atoms with E-state index >= 15 is 0 Å². The minimum Gasteiger partial charge on any atom is -0.383 e. The van der Waals surface area contributed by atoms with Gasteiger partial charge in [-0.25, -0.2) is 0 Å². The van der Waals surface area contributed by atoms with Gasteiger partial charge in [-0.1, -0.05) is 11.6 Å². The number of nitrogens with one attached hydrogen (secondary N) is 1. The van der Waals surface area contributed by atoms with Crippen molar-refractivity contribution in [2.75, 3.05) is 5.32 Å². The highest BCUT2D eigenvalue weighted by Gasteiger charge is 1.99. The van der Waals surface area contributed by atoms with Crippen molar-refractivity contribution in [3.63, 3.8) is 0 Å². The first kappa shape index (κ1) is 9.87. The molecule has 0 atom stereocenters. The fourth-order valence-electron chi connectivity index (χ4n) is 0.919. The fraction of sp³-hybridized carbons (Fsp3) is 0.333. The van der Waals surface area contributed by atoms with Gasteiger partial charge in [0, 0.05) is 16.2 Å². The molecule has 0 aliphatic rings. The molecule has 0 bridgehead atoms. The fourth-order valence-corrected chi connectivity index (χ4v) is 1.42. The molecule has 0 heterocycles. The second-order valence-corrected chi connectivity index (χ2v) is 4.19. The van der Waals surface area contributed by atoms with Crippen molar-refractivity contribution in [2.45, 2.75) is 19.9 Å². The molecule has 12 heavy (non-hydrogen) atoms. The van der Waals surface area contributed by atoms with Gasteiger partial charge < -0.3 is 5.32 Å². The second kappa shape index (κ2) is 4.15. The molecule has 0 fully saturated rings. The van der Waals surface area contributed by atoms with E-state index in [1.54, 1.807) is 0 Å². The van der Waals surface area contributed by atoms with Gasteiger partial charge in [0.25, 0.3) is 0 Å². The van der Waals surface area contributed by atoms with Crippen molar-refractivity contribution >= 4 is 33.2 Å². The zero-order valence-corrected chi connectivity index (χ0v) is 9.41. The molecule has 1 aromatic rings. The van der Waals surface area contributed by atoms with Crippen molar-refractivity contribution in [1.29, 1.82) is 0 Å². The summed E-state index contributed by atoms with van der Waals surface area (Å²) in [6, 6.07) is 6.25. The predicted octanol–water partition coefficient (Wildman–Crippen LogP) is 3.92. The van der Waals surface area contributed by atoms with Crippen molar-refractivity contribution in [1.82, 2.24) is 0 Å². The average molecular weight is 249 g/mol. The van der Waals surface area contributed by atoms with Crippen LogP contribution in [0.2, 0.25) is 5.02 Å². The van der Waals surface area contributed by atoms with Gasteiger partial charge >= 0.3 is 0 Å². The molecule has 3 heteroatoms. The molecule has 1 N–H and O–H groups in total. The Balaban J connectivity index is 2.82. The molecule has 0 saturated carbocycles. The monoisotopic (exact) mass is 247 g/mol. The lowest BCUT2D eigenvalue weighted by Gasteiger charge is -2.10. The van der Waals surface area contributed by atoms with Gasteiger partial charge in [-0.3, -0.25) is 0 Å². The third kappa shape index (κ3) is 2.68. The van der Waals surface area contributed by atoms with Crippen molar-refractivity contribution in [2.24, 2.45) is 0 Å². The topological polar surface area (TPSA) is 12.0 Å². The van der Waals surface area contributed by atoms with E-state index in [1.807, 2.05) is 18.2 Å². The van der Waals surface area contributed by atoms with E-state index in [-0.39, 0.29) is 0 Å². The molecule has 0 aliphatic carbocycles. The maximum absolute atomic E-state index is 5.84. The van der Waals surface area contributed by atoms with Crippen LogP contribution in [-0.4, -0.2) is 6.04 Å². The first-order valence-electron chi connectivity index (χ1n) is 3.81. The van der Waals surface area contributed by atoms with E-state index < -0.39 is 0 Å². The minimum absolute atomic E-state index is 0.443. The first-order chi connectivity index (χ1) is 5.59. The Morgan fingerprint density at radius 2 is 2.08 bits per heavy atom. The van der Waals surface area contributed by atoms with Crippen LogP contribution in [0.3, 0.4) is 0 Å². The Hall–Kier alpha value is -0.210. The van der Waals surface area contributed by atoms with Crippen molar-refractivity contribution in [3.05, 3.63) is 27.7 Å². The standard InChI is InChI=1S/C9H11BrClN/c1-6(2)12-7-3-4-9(11)8(10)5-7/h3-6,12H,1-2H3. The quantitative estimate of drug-likeness (QED) is 0.836. The molecule has 0 aliphatic heterocycles. The van der Waals surface area contributed by atoms with Gasteiger partial charge in [0.05, 0.1) is 5.02 Å². The van der Waals surface area contributed by atoms with Gasteiger partial charge in [-0.05, 0) is 48.0 Å². The molecular formula is C9H11BrClN. The van der Waals surface area contributed by atoms with E-state index in [0.717, 1.165) is 15.2 Å². The molecule has 0 amide bonds. The summed E-state index contributed by atoms with van der Waals surface area (Å²) in [5.74, 6) is 0. The number of hydrogen-bond donors (Lipinski definition) is 1. The lowest BCUT2D eigenvalue weighted by molar-refractivity contribution is 0.899. The second-order valence-electron chi connectivity index (χ2n) is 2.93. The zero-order valence-electron chi connectivity index (χ0n) is 7.07. The summed E-state index contributed by atoms with van der Waals surface area (Å²) in [4.78, 5) is 0. The van der Waals surface area contributed by atoms with Gasteiger partial charge in [-0.15, -0.1) is 0 Å². The number of hydrogen-bond acceptors (Lipinski definition) is 1. The highest BCUT2D eigenvalue weighted by atomic mass is 79.9. The molecule has 1 aromatic carbocycles. The van der Waals surface area contributed by atoms with Crippen LogP contribution in [-0.2, 0) is 0 Å². The van der Waals surface area contributed by atoms with Gasteiger partial charge in [-0.2, -0.15) is 0 Å². The minimum atomic E-state index is 0.443. The molecule has 0 radical (unpaired) electrons. The summed E-state index contributed by atoms with van der Waals surface area (Å²) in [5.41, 5.74) is 1.08. The summed E-state index contributed by atoms with van der Waals surface area (Å²) in [5, 5.41) is 4.02. The molecule has 1 nitrogen and oxygen atoms in total. The highest BCUT2D eigenvalue weighted by Crippen LogP contribution is 2.25. The summed E-state index contributed by atoms with van der Waals surface area (Å²) in [6.45, 7) is 4.20. The van der Waals surface area contributed by atoms with Gasteiger partial charge in [0.2, 0.25) is 0 Å². The van der Waals surface area contributed by atoms with Crippen molar-refractivity contribution < 1.29 is 0 Å². The smallest absolute Gasteiger partial charge is 0.0549 e. The Morgan fingerprint density at radius 1 is 1.42 bits per heavy atom. The Labute approximate surface area is 86.2 Å². The molecular weight excluding hydrogens is 237 g/mol. The molecule has 0 spiro atoms. The summed E-state index contributed by atoms with van der Waals surface area (Å²) in [7, 11) is 0. The van der Waals surface area contributed by atoms with Gasteiger partial charge in [0.1, 0.15) is 0 Å². The Bertz CT molecular complexity index is 273. The number of anilines is 1. The number of halogens is 2. The lowest BCUT2D eigenvalue weighted by Crippen LogP contribution is -2.09. The lowest BCUT2D eigenvalue weighted by atomic mass is 10.3. The number of benzene rings is 1. The van der Waals surface area contributed by atoms with E-state index in [4.69, 9.17) is 11.6 Å². The van der Waals surface area contributed by atoms with Crippen LogP contribution >= 0.6 is 27.5 Å². The van der Waals surface area contributed by atoms with Crippen LogP contribution in [0.5, 0.6) is 0 Å². The van der Waals surface area contributed by atoms with Crippen LogP contribution in [0.15, 0.2) is 22.7 Å². The normalized spacial score (nSPS) is 10.4. The van der Waals surface area contributed by atoms with Crippen LogP contribution in [0.1, 0.15) is 13.8 Å². The van der Waals surface area contributed by atoms with E-state index in [1.165, 1.54) is 0 Å². The van der Waals surface area contributed by atoms with Gasteiger partial charge in [0.15, 0.2) is 0 Å². The molecule has 66 valence electrons. The summed E-state index contributed by atoms with van der Waals surface area (Å²) < 4.78 is 0.926. The summed E-state index contributed by atoms with van der Waals surface area (Å²) >= 11 is 9.21. The Morgan fingerprint density at radius 3 is 2.58 bits per heavy atom. The molecule has 0 unspecified atom stereocenters. The van der Waals surface area contributed by atoms with Crippen LogP contribution in [0, 0.1) is 0 Å². The van der Waals surface area contributed by atoms with E-state index in [9.17, 15) is 0 Å². The van der Waals surface area contributed by atoms with E-state index in [0.29, 0.717) is 6.04 Å². The maximum atomic E-state index is 5.84. The van der Waals surface area contributed by atoms with E-state index in [2.05, 4.69) is 35.1 Å². The van der Waals surface area contributed by atoms with Crippen LogP contribution < -0.4 is 5.32 Å². The highest BCUT2D eigenvalue weighted by molar-refractivity contribution is 9.10. The SMILES string of the molecule is CC(C)Nc1ccc(Cl)c(Br)c1. The molecule has 0 aromatic heterocycles. The summed E-state index contributed by atoms with van der Waals surface area (Å²) in [6.07, 6.45) is 0. The maximum Gasteiger partial charge on any atom is 0.0549 e. The zero-order chi connectivity index (χ0) is 9.14. The molecule has 1 rings (SSSR count). The molecule has 0 saturated heterocycles.